The highest BCUT2D eigenvalue weighted by Crippen LogP contribution is 2.45. The van der Waals surface area contributed by atoms with Crippen molar-refractivity contribution in [2.24, 2.45) is 21.5 Å². The van der Waals surface area contributed by atoms with Gasteiger partial charge in [-0.15, -0.1) is 0 Å². The summed E-state index contributed by atoms with van der Waals surface area (Å²) in [5.41, 5.74) is 11.5. The Labute approximate surface area is 159 Å². The predicted octanol–water partition coefficient (Wildman–Crippen LogP) is 2.87. The first kappa shape index (κ1) is 18.4. The molecule has 0 aromatic heterocycles. The van der Waals surface area contributed by atoms with Gasteiger partial charge >= 0.3 is 0 Å². The van der Waals surface area contributed by atoms with Crippen molar-refractivity contribution < 1.29 is 9.66 Å². The highest BCUT2D eigenvalue weighted by molar-refractivity contribution is 9.10. The van der Waals surface area contributed by atoms with E-state index >= 15 is 0 Å². The molecule has 0 radical (unpaired) electrons. The normalized spacial score (nSPS) is 19.1. The van der Waals surface area contributed by atoms with Gasteiger partial charge in [0, 0.05) is 12.1 Å². The first-order chi connectivity index (χ1) is 12.4. The van der Waals surface area contributed by atoms with E-state index in [0.29, 0.717) is 35.4 Å². The third kappa shape index (κ3) is 3.20. The fourth-order valence-electron chi connectivity index (χ4n) is 3.59. The van der Waals surface area contributed by atoms with Crippen LogP contribution in [0.15, 0.2) is 26.6 Å². The summed E-state index contributed by atoms with van der Waals surface area (Å²) in [6, 6.07) is 3.04. The molecule has 4 N–H and O–H groups in total. The number of anilines is 1. The minimum Gasteiger partial charge on any atom is -0.493 e. The smallest absolute Gasteiger partial charge is 0.294 e. The fourth-order valence-corrected chi connectivity index (χ4v) is 4.04. The number of nitro benzene ring substituents is 1. The van der Waals surface area contributed by atoms with Crippen molar-refractivity contribution in [1.29, 1.82) is 0 Å². The maximum Gasteiger partial charge on any atom is 0.294 e. The SMILES string of the molecule is CCOc1cc(N2C(N)=NC(N)=NC23CCCCC3)c([N+](=O)[O-])cc1Br. The molecule has 1 aromatic carbocycles. The Bertz CT molecular complexity index is 788. The molecule has 0 atom stereocenters. The predicted molar refractivity (Wildman–Crippen MR) is 104 cm³/mol. The van der Waals surface area contributed by atoms with Gasteiger partial charge in [-0.3, -0.25) is 15.0 Å². The second kappa shape index (κ2) is 7.10. The molecular formula is C16H21BrN6O3. The van der Waals surface area contributed by atoms with E-state index in [0.717, 1.165) is 19.3 Å². The number of guanidine groups is 2. The standard InChI is InChI=1S/C16H21BrN6O3/c1-2-26-13-9-11(12(23(24)25)8-10(13)17)22-15(19)20-14(18)21-16(22)6-4-3-5-7-16/h8-9H,2-7H2,1H3,(H4,18,19,20,21). The summed E-state index contributed by atoms with van der Waals surface area (Å²) in [6.07, 6.45) is 4.34. The number of nitro groups is 1. The quantitative estimate of drug-likeness (QED) is 0.563. The molecule has 1 spiro atoms. The molecule has 1 aromatic rings. The van der Waals surface area contributed by atoms with Crippen molar-refractivity contribution >= 4 is 39.2 Å². The second-order valence-electron chi connectivity index (χ2n) is 6.28. The van der Waals surface area contributed by atoms with Crippen LogP contribution in [0.2, 0.25) is 0 Å². The van der Waals surface area contributed by atoms with Gasteiger partial charge in [0.05, 0.1) is 16.0 Å². The van der Waals surface area contributed by atoms with Crippen molar-refractivity contribution in [3.8, 4) is 5.75 Å². The van der Waals surface area contributed by atoms with Crippen LogP contribution < -0.4 is 21.1 Å². The van der Waals surface area contributed by atoms with Gasteiger partial charge in [-0.2, -0.15) is 4.99 Å². The van der Waals surface area contributed by atoms with Gasteiger partial charge < -0.3 is 16.2 Å². The average Bonchev–Trinajstić information content (AvgIpc) is 2.57. The first-order valence-electron chi connectivity index (χ1n) is 8.48. The number of nitrogens with zero attached hydrogens (tertiary/aromatic N) is 4. The van der Waals surface area contributed by atoms with E-state index in [-0.39, 0.29) is 17.6 Å². The summed E-state index contributed by atoms with van der Waals surface area (Å²) in [6.45, 7) is 2.27. The number of hydrogen-bond acceptors (Lipinski definition) is 8. The average molecular weight is 425 g/mol. The summed E-state index contributed by atoms with van der Waals surface area (Å²) in [5, 5.41) is 11.7. The molecule has 9 nitrogen and oxygen atoms in total. The van der Waals surface area contributed by atoms with E-state index in [2.05, 4.69) is 25.9 Å². The molecular weight excluding hydrogens is 404 g/mol. The Morgan fingerprint density at radius 1 is 1.35 bits per heavy atom. The number of aliphatic imine (C=N–C) groups is 2. The van der Waals surface area contributed by atoms with Crippen LogP contribution in [0.25, 0.3) is 0 Å². The molecule has 0 bridgehead atoms. The lowest BCUT2D eigenvalue weighted by atomic mass is 9.87. The number of benzene rings is 1. The highest BCUT2D eigenvalue weighted by atomic mass is 79.9. The van der Waals surface area contributed by atoms with Crippen molar-refractivity contribution in [2.45, 2.75) is 44.7 Å². The first-order valence-corrected chi connectivity index (χ1v) is 9.28. The Hall–Kier alpha value is -2.36. The fraction of sp³-hybridized carbons (Fsp3) is 0.500. The van der Waals surface area contributed by atoms with Crippen LogP contribution in [0.1, 0.15) is 39.0 Å². The van der Waals surface area contributed by atoms with Crippen LogP contribution in [-0.4, -0.2) is 29.1 Å². The lowest BCUT2D eigenvalue weighted by Gasteiger charge is -2.45. The molecule has 0 amide bonds. The highest BCUT2D eigenvalue weighted by Gasteiger charge is 2.45. The molecule has 0 unspecified atom stereocenters. The molecule has 26 heavy (non-hydrogen) atoms. The Balaban J connectivity index is 2.20. The van der Waals surface area contributed by atoms with Gasteiger partial charge in [-0.05, 0) is 48.5 Å². The van der Waals surface area contributed by atoms with E-state index < -0.39 is 10.6 Å². The van der Waals surface area contributed by atoms with E-state index in [4.69, 9.17) is 16.2 Å². The van der Waals surface area contributed by atoms with Crippen LogP contribution in [0, 0.1) is 10.1 Å². The summed E-state index contributed by atoms with van der Waals surface area (Å²) < 4.78 is 6.10. The molecule has 10 heteroatoms. The van der Waals surface area contributed by atoms with Gasteiger partial charge in [0.15, 0.2) is 0 Å². The molecule has 140 valence electrons. The number of ether oxygens (including phenoxy) is 1. The zero-order chi connectivity index (χ0) is 18.9. The minimum atomic E-state index is -0.754. The molecule has 1 fully saturated rings. The third-order valence-corrected chi connectivity index (χ3v) is 5.24. The molecule has 1 heterocycles. The second-order valence-corrected chi connectivity index (χ2v) is 7.13. The van der Waals surface area contributed by atoms with Gasteiger partial charge in [0.2, 0.25) is 11.9 Å². The van der Waals surface area contributed by atoms with Crippen LogP contribution in [-0.2, 0) is 0 Å². The van der Waals surface area contributed by atoms with Gasteiger partial charge in [0.25, 0.3) is 5.69 Å². The summed E-state index contributed by atoms with van der Waals surface area (Å²) in [5.74, 6) is 0.701. The number of hydrogen-bond donors (Lipinski definition) is 2. The molecule has 0 saturated heterocycles. The summed E-state index contributed by atoms with van der Waals surface area (Å²) >= 11 is 3.33. The molecule has 1 aliphatic carbocycles. The van der Waals surface area contributed by atoms with E-state index in [1.54, 1.807) is 11.0 Å². The van der Waals surface area contributed by atoms with Crippen LogP contribution >= 0.6 is 15.9 Å². The monoisotopic (exact) mass is 424 g/mol. The third-order valence-electron chi connectivity index (χ3n) is 4.62. The van der Waals surface area contributed by atoms with Crippen molar-refractivity contribution in [1.82, 2.24) is 0 Å². The van der Waals surface area contributed by atoms with Crippen molar-refractivity contribution in [2.75, 3.05) is 11.5 Å². The lowest BCUT2D eigenvalue weighted by molar-refractivity contribution is -0.384. The Kier molecular flexibility index (Phi) is 5.03. The molecule has 1 aliphatic heterocycles. The largest absolute Gasteiger partial charge is 0.493 e. The number of rotatable bonds is 4. The summed E-state index contributed by atoms with van der Waals surface area (Å²) in [7, 11) is 0. The number of nitrogens with two attached hydrogens (primary N) is 2. The minimum absolute atomic E-state index is 0.0981. The molecule has 3 rings (SSSR count). The Morgan fingerprint density at radius 2 is 2.04 bits per heavy atom. The van der Waals surface area contributed by atoms with Crippen LogP contribution in [0.4, 0.5) is 11.4 Å². The molecule has 1 saturated carbocycles. The molecule has 2 aliphatic rings. The van der Waals surface area contributed by atoms with Gasteiger partial charge in [-0.1, -0.05) is 6.42 Å². The van der Waals surface area contributed by atoms with E-state index in [9.17, 15) is 10.1 Å². The van der Waals surface area contributed by atoms with Crippen molar-refractivity contribution in [3.05, 3.63) is 26.7 Å². The Morgan fingerprint density at radius 3 is 2.65 bits per heavy atom. The van der Waals surface area contributed by atoms with Crippen LogP contribution in [0.3, 0.4) is 0 Å². The van der Waals surface area contributed by atoms with Gasteiger partial charge in [0.1, 0.15) is 17.1 Å². The van der Waals surface area contributed by atoms with Crippen LogP contribution in [0.5, 0.6) is 5.75 Å². The number of halogens is 1. The van der Waals surface area contributed by atoms with Gasteiger partial charge in [-0.25, -0.2) is 4.99 Å². The maximum atomic E-state index is 11.7. The summed E-state index contributed by atoms with van der Waals surface area (Å²) in [4.78, 5) is 21.5. The van der Waals surface area contributed by atoms with Crippen molar-refractivity contribution in [3.63, 3.8) is 0 Å². The maximum absolute atomic E-state index is 11.7. The lowest BCUT2D eigenvalue weighted by Crippen LogP contribution is -2.58. The topological polar surface area (TPSA) is 132 Å². The van der Waals surface area contributed by atoms with E-state index in [1.807, 2.05) is 6.92 Å². The zero-order valence-electron chi connectivity index (χ0n) is 14.4. The zero-order valence-corrected chi connectivity index (χ0v) is 16.0. The van der Waals surface area contributed by atoms with E-state index in [1.165, 1.54) is 6.07 Å².